The van der Waals surface area contributed by atoms with Crippen molar-refractivity contribution in [3.05, 3.63) is 52.0 Å². The summed E-state index contributed by atoms with van der Waals surface area (Å²) in [6.45, 7) is 7.78. The van der Waals surface area contributed by atoms with Crippen LogP contribution in [0.1, 0.15) is 43.7 Å². The quantitative estimate of drug-likeness (QED) is 0.599. The van der Waals surface area contributed by atoms with Crippen LogP contribution in [-0.4, -0.2) is 54.5 Å². The molecule has 32 heavy (non-hydrogen) atoms. The second kappa shape index (κ2) is 11.3. The van der Waals surface area contributed by atoms with Crippen LogP contribution in [0.25, 0.3) is 0 Å². The van der Waals surface area contributed by atoms with Gasteiger partial charge < -0.3 is 19.9 Å². The minimum atomic E-state index is -0.428. The van der Waals surface area contributed by atoms with Crippen LogP contribution in [0, 0.1) is 11.7 Å². The predicted octanol–water partition coefficient (Wildman–Crippen LogP) is 4.47. The molecule has 8 heteroatoms. The van der Waals surface area contributed by atoms with Crippen molar-refractivity contribution in [1.82, 2.24) is 15.1 Å². The average molecular weight is 462 g/mol. The highest BCUT2D eigenvalue weighted by Crippen LogP contribution is 2.34. The molecule has 1 aromatic heterocycles. The number of carbonyl (C=O) groups is 2. The first-order valence-electron chi connectivity index (χ1n) is 11.2. The van der Waals surface area contributed by atoms with Crippen molar-refractivity contribution in [2.75, 3.05) is 32.8 Å². The Morgan fingerprint density at radius 2 is 2.09 bits per heavy atom. The van der Waals surface area contributed by atoms with Crippen molar-refractivity contribution in [3.8, 4) is 5.75 Å². The van der Waals surface area contributed by atoms with Gasteiger partial charge in [-0.15, -0.1) is 11.3 Å². The van der Waals surface area contributed by atoms with Gasteiger partial charge in [0.05, 0.1) is 6.04 Å². The minimum Gasteiger partial charge on any atom is -0.488 e. The molecule has 0 spiro atoms. The van der Waals surface area contributed by atoms with Gasteiger partial charge in [-0.2, -0.15) is 0 Å². The molecule has 0 unspecified atom stereocenters. The zero-order valence-corrected chi connectivity index (χ0v) is 19.8. The Morgan fingerprint density at radius 3 is 2.81 bits per heavy atom. The molecule has 0 aliphatic carbocycles. The molecule has 1 N–H and O–H groups in total. The number of amides is 3. The molecular formula is C24H32FN3O3S. The molecule has 0 radical (unpaired) electrons. The van der Waals surface area contributed by atoms with Gasteiger partial charge in [0, 0.05) is 24.5 Å². The summed E-state index contributed by atoms with van der Waals surface area (Å²) in [6.07, 6.45) is 1.58. The van der Waals surface area contributed by atoms with Gasteiger partial charge in [-0.05, 0) is 54.8 Å². The number of benzene rings is 1. The lowest BCUT2D eigenvalue weighted by Crippen LogP contribution is -2.50. The van der Waals surface area contributed by atoms with E-state index in [1.807, 2.05) is 18.4 Å². The number of urea groups is 1. The van der Waals surface area contributed by atoms with Gasteiger partial charge in [-0.1, -0.05) is 26.0 Å². The van der Waals surface area contributed by atoms with Crippen LogP contribution in [0.3, 0.4) is 0 Å². The number of nitrogens with zero attached hydrogens (tertiary/aromatic N) is 2. The van der Waals surface area contributed by atoms with Crippen molar-refractivity contribution >= 4 is 23.3 Å². The van der Waals surface area contributed by atoms with E-state index in [-0.39, 0.29) is 36.9 Å². The number of para-hydroxylation sites is 1. The van der Waals surface area contributed by atoms with Crippen LogP contribution in [0.2, 0.25) is 0 Å². The van der Waals surface area contributed by atoms with Gasteiger partial charge in [-0.3, -0.25) is 4.79 Å². The van der Waals surface area contributed by atoms with E-state index in [2.05, 4.69) is 19.2 Å². The van der Waals surface area contributed by atoms with E-state index in [9.17, 15) is 14.0 Å². The fourth-order valence-electron chi connectivity index (χ4n) is 3.79. The summed E-state index contributed by atoms with van der Waals surface area (Å²) in [5.41, 5.74) is 1.04. The molecule has 6 nitrogen and oxygen atoms in total. The largest absolute Gasteiger partial charge is 0.488 e. The van der Waals surface area contributed by atoms with Crippen molar-refractivity contribution < 1.29 is 18.7 Å². The van der Waals surface area contributed by atoms with E-state index < -0.39 is 5.82 Å². The summed E-state index contributed by atoms with van der Waals surface area (Å²) in [4.78, 5) is 30.5. The zero-order valence-electron chi connectivity index (χ0n) is 19.0. The lowest BCUT2D eigenvalue weighted by Gasteiger charge is -2.37. The van der Waals surface area contributed by atoms with Gasteiger partial charge in [0.1, 0.15) is 13.2 Å². The Kier molecular flexibility index (Phi) is 8.50. The smallest absolute Gasteiger partial charge is 0.317 e. The number of hydrogen-bond acceptors (Lipinski definition) is 4. The second-order valence-corrected chi connectivity index (χ2v) is 9.33. The van der Waals surface area contributed by atoms with Gasteiger partial charge in [-0.25, -0.2) is 9.18 Å². The van der Waals surface area contributed by atoms with E-state index in [0.717, 1.165) is 18.4 Å². The molecular weight excluding hydrogens is 429 g/mol. The van der Waals surface area contributed by atoms with Gasteiger partial charge in [0.25, 0.3) is 0 Å². The highest BCUT2D eigenvalue weighted by Gasteiger charge is 2.33. The fourth-order valence-corrected chi connectivity index (χ4v) is 4.72. The molecule has 3 rings (SSSR count). The van der Waals surface area contributed by atoms with Crippen LogP contribution in [-0.2, 0) is 11.2 Å². The number of nitrogens with one attached hydrogen (secondary N) is 1. The molecule has 1 aromatic carbocycles. The van der Waals surface area contributed by atoms with E-state index in [0.29, 0.717) is 25.6 Å². The molecule has 2 heterocycles. The van der Waals surface area contributed by atoms with Crippen molar-refractivity contribution in [2.24, 2.45) is 5.92 Å². The summed E-state index contributed by atoms with van der Waals surface area (Å²) in [6, 6.07) is 7.73. The summed E-state index contributed by atoms with van der Waals surface area (Å²) < 4.78 is 19.9. The van der Waals surface area contributed by atoms with Gasteiger partial charge in [0.15, 0.2) is 11.6 Å². The highest BCUT2D eigenvalue weighted by molar-refractivity contribution is 7.10. The molecule has 1 aliphatic rings. The van der Waals surface area contributed by atoms with Crippen LogP contribution in [0.4, 0.5) is 9.18 Å². The Balaban J connectivity index is 1.76. The maximum absolute atomic E-state index is 14.1. The molecule has 0 saturated heterocycles. The molecule has 0 fully saturated rings. The lowest BCUT2D eigenvalue weighted by molar-refractivity contribution is -0.135. The number of thiophene rings is 1. The molecule has 0 saturated carbocycles. The first-order chi connectivity index (χ1) is 15.4. The van der Waals surface area contributed by atoms with Gasteiger partial charge >= 0.3 is 6.03 Å². The number of ether oxygens (including phenoxy) is 1. The van der Waals surface area contributed by atoms with Crippen LogP contribution < -0.4 is 10.1 Å². The Morgan fingerprint density at radius 1 is 1.31 bits per heavy atom. The highest BCUT2D eigenvalue weighted by atomic mass is 32.1. The fraction of sp³-hybridized carbons (Fsp3) is 0.500. The molecule has 2 aromatic rings. The number of halogens is 1. The lowest BCUT2D eigenvalue weighted by atomic mass is 10.0. The summed E-state index contributed by atoms with van der Waals surface area (Å²) in [5, 5.41) is 4.82. The third kappa shape index (κ3) is 6.00. The van der Waals surface area contributed by atoms with Crippen molar-refractivity contribution in [1.29, 1.82) is 0 Å². The maximum Gasteiger partial charge on any atom is 0.317 e. The molecule has 1 atom stereocenters. The van der Waals surface area contributed by atoms with Crippen molar-refractivity contribution in [3.63, 3.8) is 0 Å². The average Bonchev–Trinajstić information content (AvgIpc) is 3.25. The SMILES string of the molecule is CCNC(=O)N(CCC(C)C)CC(=O)N1CCc2sccc2[C@@H]1COc1ccccc1F. The number of hydrogen-bond donors (Lipinski definition) is 1. The number of carbonyl (C=O) groups excluding carboxylic acids is 2. The van der Waals surface area contributed by atoms with Crippen LogP contribution in [0.5, 0.6) is 5.75 Å². The van der Waals surface area contributed by atoms with E-state index in [1.165, 1.54) is 10.9 Å². The first-order valence-corrected chi connectivity index (χ1v) is 12.0. The number of rotatable bonds is 9. The number of fused-ring (bicyclic) bond motifs is 1. The summed E-state index contributed by atoms with van der Waals surface area (Å²) in [7, 11) is 0. The Labute approximate surface area is 193 Å². The minimum absolute atomic E-state index is 0.00816. The molecule has 3 amide bonds. The van der Waals surface area contributed by atoms with Crippen LogP contribution in [0.15, 0.2) is 35.7 Å². The summed E-state index contributed by atoms with van der Waals surface area (Å²) >= 11 is 1.66. The standard InChI is InChI=1S/C24H32FN3O3S/c1-4-26-24(30)27(12-9-17(2)3)15-23(29)28-13-10-22-18(11-14-32-22)20(28)16-31-21-8-6-5-7-19(21)25/h5-8,11,14,17,20H,4,9-10,12-13,15-16H2,1-3H3,(H,26,30)/t20-/m0/s1. The third-order valence-electron chi connectivity index (χ3n) is 5.57. The van der Waals surface area contributed by atoms with Crippen molar-refractivity contribution in [2.45, 2.75) is 39.7 Å². The maximum atomic E-state index is 14.1. The third-order valence-corrected chi connectivity index (χ3v) is 6.56. The normalized spacial score (nSPS) is 15.4. The summed E-state index contributed by atoms with van der Waals surface area (Å²) in [5.74, 6) is 0.0391. The van der Waals surface area contributed by atoms with E-state index in [4.69, 9.17) is 4.74 Å². The molecule has 174 valence electrons. The second-order valence-electron chi connectivity index (χ2n) is 8.33. The predicted molar refractivity (Wildman–Crippen MR) is 124 cm³/mol. The zero-order chi connectivity index (χ0) is 23.1. The Hall–Kier alpha value is -2.61. The van der Waals surface area contributed by atoms with E-state index in [1.54, 1.807) is 39.3 Å². The molecule has 1 aliphatic heterocycles. The Bertz CT molecular complexity index is 917. The molecule has 0 bridgehead atoms. The van der Waals surface area contributed by atoms with Crippen LogP contribution >= 0.6 is 11.3 Å². The van der Waals surface area contributed by atoms with E-state index >= 15 is 0 Å². The first kappa shape index (κ1) is 24.0. The monoisotopic (exact) mass is 461 g/mol. The van der Waals surface area contributed by atoms with Gasteiger partial charge in [0.2, 0.25) is 5.91 Å². The topological polar surface area (TPSA) is 61.9 Å².